The highest BCUT2D eigenvalue weighted by Crippen LogP contribution is 2.25. The smallest absolute Gasteiger partial charge is 0.124 e. The van der Waals surface area contributed by atoms with E-state index in [0.29, 0.717) is 10.6 Å². The fourth-order valence-corrected chi connectivity index (χ4v) is 2.55. The average molecular weight is 299 g/mol. The first-order chi connectivity index (χ1) is 9.97. The molecule has 0 amide bonds. The fraction of sp³-hybridized carbons (Fsp3) is 0.125. The molecule has 4 nitrogen and oxygen atoms in total. The van der Waals surface area contributed by atoms with E-state index in [1.807, 2.05) is 4.57 Å². The van der Waals surface area contributed by atoms with Gasteiger partial charge in [0.15, 0.2) is 0 Å². The Bertz CT molecular complexity index is 864. The Morgan fingerprint density at radius 3 is 2.62 bits per heavy atom. The number of aromatic nitrogens is 2. The number of hydrogen-bond acceptors (Lipinski definition) is 2. The number of aryl methyl sites for hydroxylation is 2. The minimum absolute atomic E-state index is 0.00681. The Morgan fingerprint density at radius 2 is 1.90 bits per heavy atom. The van der Waals surface area contributed by atoms with E-state index in [4.69, 9.17) is 22.7 Å². The predicted octanol–water partition coefficient (Wildman–Crippen LogP) is 3.58. The van der Waals surface area contributed by atoms with Gasteiger partial charge in [-0.3, -0.25) is 9.98 Å². The Balaban J connectivity index is 2.33. The van der Waals surface area contributed by atoms with Crippen molar-refractivity contribution in [2.45, 2.75) is 13.8 Å². The van der Waals surface area contributed by atoms with Gasteiger partial charge in [-0.2, -0.15) is 0 Å². The third-order valence-corrected chi connectivity index (χ3v) is 3.91. The van der Waals surface area contributed by atoms with Gasteiger partial charge in [-0.25, -0.2) is 4.98 Å². The molecule has 0 bridgehead atoms. The third kappa shape index (κ3) is 2.28. The second-order valence-corrected chi connectivity index (χ2v) is 5.55. The molecule has 0 atom stereocenters. The summed E-state index contributed by atoms with van der Waals surface area (Å²) in [7, 11) is 0. The molecule has 5 heteroatoms. The van der Waals surface area contributed by atoms with Crippen molar-refractivity contribution in [3.63, 3.8) is 0 Å². The van der Waals surface area contributed by atoms with Crippen LogP contribution in [0.2, 0.25) is 5.02 Å². The van der Waals surface area contributed by atoms with Crippen molar-refractivity contribution in [2.75, 3.05) is 0 Å². The number of fused-ring (bicyclic) bond motifs is 1. The highest BCUT2D eigenvalue weighted by Gasteiger charge is 2.12. The number of halogens is 1. The topological polar surface area (TPSA) is 67.7 Å². The van der Waals surface area contributed by atoms with Gasteiger partial charge in [-0.1, -0.05) is 11.6 Å². The van der Waals surface area contributed by atoms with Gasteiger partial charge in [0.25, 0.3) is 0 Å². The van der Waals surface area contributed by atoms with Gasteiger partial charge in [-0.15, -0.1) is 0 Å². The summed E-state index contributed by atoms with van der Waals surface area (Å²) in [6.07, 6.45) is 1.74. The Kier molecular flexibility index (Phi) is 3.18. The molecule has 106 valence electrons. The maximum absolute atomic E-state index is 7.73. The van der Waals surface area contributed by atoms with Crippen LogP contribution in [0.1, 0.15) is 16.7 Å². The first-order valence-corrected chi connectivity index (χ1v) is 6.94. The van der Waals surface area contributed by atoms with Crippen molar-refractivity contribution in [3.8, 4) is 5.69 Å². The maximum Gasteiger partial charge on any atom is 0.124 e. The molecule has 0 aliphatic rings. The molecule has 0 radical (unpaired) electrons. The van der Waals surface area contributed by atoms with Crippen LogP contribution in [-0.4, -0.2) is 15.4 Å². The van der Waals surface area contributed by atoms with Crippen molar-refractivity contribution in [1.82, 2.24) is 9.55 Å². The molecule has 0 aliphatic carbocycles. The van der Waals surface area contributed by atoms with Crippen LogP contribution in [0.4, 0.5) is 0 Å². The molecule has 1 aromatic heterocycles. The summed E-state index contributed by atoms with van der Waals surface area (Å²) in [5, 5.41) is 8.33. The van der Waals surface area contributed by atoms with E-state index in [1.165, 1.54) is 11.1 Å². The quantitative estimate of drug-likeness (QED) is 0.561. The summed E-state index contributed by atoms with van der Waals surface area (Å²) in [6.45, 7) is 4.13. The van der Waals surface area contributed by atoms with Gasteiger partial charge < -0.3 is 5.73 Å². The van der Waals surface area contributed by atoms with Crippen molar-refractivity contribution < 1.29 is 0 Å². The normalized spacial score (nSPS) is 11.0. The number of rotatable bonds is 2. The fourth-order valence-electron chi connectivity index (χ4n) is 2.39. The standard InChI is InChI=1S/C16H15ClN4/c1-9-5-13-15(6-10(9)2)21(8-20-13)14-7-11(17)3-4-12(14)16(18)19/h3-8H,1-2H3,(H3,18,19). The molecule has 3 aromatic rings. The van der Waals surface area contributed by atoms with Crippen LogP contribution in [0.25, 0.3) is 16.7 Å². The second kappa shape index (κ2) is 4.90. The minimum atomic E-state index is 0.00681. The van der Waals surface area contributed by atoms with Gasteiger partial charge in [0.2, 0.25) is 0 Å². The highest BCUT2D eigenvalue weighted by molar-refractivity contribution is 6.31. The van der Waals surface area contributed by atoms with Crippen LogP contribution in [-0.2, 0) is 0 Å². The molecule has 0 unspecified atom stereocenters. The van der Waals surface area contributed by atoms with Crippen LogP contribution in [0.3, 0.4) is 0 Å². The largest absolute Gasteiger partial charge is 0.384 e. The summed E-state index contributed by atoms with van der Waals surface area (Å²) in [5.74, 6) is 0.00681. The monoisotopic (exact) mass is 298 g/mol. The average Bonchev–Trinajstić information content (AvgIpc) is 2.81. The molecule has 0 aliphatic heterocycles. The van der Waals surface area contributed by atoms with Crippen molar-refractivity contribution in [1.29, 1.82) is 5.41 Å². The first kappa shape index (κ1) is 13.6. The summed E-state index contributed by atoms with van der Waals surface area (Å²) >= 11 is 6.10. The lowest BCUT2D eigenvalue weighted by atomic mass is 10.1. The molecule has 1 heterocycles. The zero-order valence-electron chi connectivity index (χ0n) is 11.8. The number of amidine groups is 1. The number of nitrogens with two attached hydrogens (primary N) is 1. The Morgan fingerprint density at radius 1 is 1.19 bits per heavy atom. The molecule has 3 N–H and O–H groups in total. The summed E-state index contributed by atoms with van der Waals surface area (Å²) < 4.78 is 1.92. The van der Waals surface area contributed by atoms with Crippen LogP contribution < -0.4 is 5.73 Å². The molecule has 0 spiro atoms. The summed E-state index contributed by atoms with van der Waals surface area (Å²) in [6, 6.07) is 9.43. The van der Waals surface area contributed by atoms with Crippen LogP contribution in [0, 0.1) is 19.3 Å². The summed E-state index contributed by atoms with van der Waals surface area (Å²) in [5.41, 5.74) is 11.4. The molecule has 0 fully saturated rings. The van der Waals surface area contributed by atoms with E-state index in [2.05, 4.69) is 31.0 Å². The molecular formula is C16H15ClN4. The van der Waals surface area contributed by atoms with Crippen LogP contribution >= 0.6 is 11.6 Å². The van der Waals surface area contributed by atoms with Gasteiger partial charge in [0, 0.05) is 10.6 Å². The lowest BCUT2D eigenvalue weighted by molar-refractivity contribution is 1.08. The van der Waals surface area contributed by atoms with Gasteiger partial charge >= 0.3 is 0 Å². The highest BCUT2D eigenvalue weighted by atomic mass is 35.5. The SMILES string of the molecule is Cc1cc2ncn(-c3cc(Cl)ccc3C(=N)N)c2cc1C. The Labute approximate surface area is 127 Å². The predicted molar refractivity (Wildman–Crippen MR) is 86.6 cm³/mol. The van der Waals surface area contributed by atoms with Crippen LogP contribution in [0.5, 0.6) is 0 Å². The van der Waals surface area contributed by atoms with Crippen molar-refractivity contribution >= 4 is 28.5 Å². The molecule has 3 rings (SSSR count). The molecule has 0 saturated heterocycles. The second-order valence-electron chi connectivity index (χ2n) is 5.11. The lowest BCUT2D eigenvalue weighted by Crippen LogP contribution is -2.14. The number of benzene rings is 2. The van der Waals surface area contributed by atoms with E-state index in [0.717, 1.165) is 16.7 Å². The van der Waals surface area contributed by atoms with Crippen molar-refractivity contribution in [2.24, 2.45) is 5.73 Å². The van der Waals surface area contributed by atoms with E-state index >= 15 is 0 Å². The van der Waals surface area contributed by atoms with Crippen molar-refractivity contribution in [3.05, 3.63) is 58.4 Å². The van der Waals surface area contributed by atoms with Crippen LogP contribution in [0.15, 0.2) is 36.7 Å². The number of nitrogens with zero attached hydrogens (tertiary/aromatic N) is 2. The maximum atomic E-state index is 7.73. The number of imidazole rings is 1. The number of nitrogens with one attached hydrogen (secondary N) is 1. The molecule has 21 heavy (non-hydrogen) atoms. The van der Waals surface area contributed by atoms with Gasteiger partial charge in [0.05, 0.1) is 16.7 Å². The Hall–Kier alpha value is -2.33. The lowest BCUT2D eigenvalue weighted by Gasteiger charge is -2.11. The van der Waals surface area contributed by atoms with E-state index in [9.17, 15) is 0 Å². The zero-order valence-corrected chi connectivity index (χ0v) is 12.6. The first-order valence-electron chi connectivity index (χ1n) is 6.56. The number of hydrogen-bond donors (Lipinski definition) is 2. The van der Waals surface area contributed by atoms with Gasteiger partial charge in [-0.05, 0) is 55.3 Å². The third-order valence-electron chi connectivity index (χ3n) is 3.67. The summed E-state index contributed by atoms with van der Waals surface area (Å²) in [4.78, 5) is 4.44. The van der Waals surface area contributed by atoms with E-state index < -0.39 is 0 Å². The van der Waals surface area contributed by atoms with E-state index in [-0.39, 0.29) is 5.84 Å². The zero-order chi connectivity index (χ0) is 15.1. The van der Waals surface area contributed by atoms with Gasteiger partial charge in [0.1, 0.15) is 12.2 Å². The molecule has 2 aromatic carbocycles. The number of nitrogen functional groups attached to an aromatic ring is 1. The minimum Gasteiger partial charge on any atom is -0.384 e. The van der Waals surface area contributed by atoms with E-state index in [1.54, 1.807) is 24.5 Å². The molecule has 0 saturated carbocycles. The molecular weight excluding hydrogens is 284 g/mol.